The Hall–Kier alpha value is -3.65. The summed E-state index contributed by atoms with van der Waals surface area (Å²) in [5.41, 5.74) is 6.65. The van der Waals surface area contributed by atoms with Gasteiger partial charge in [-0.1, -0.05) is 75.4 Å². The number of fused-ring (bicyclic) bond motifs is 7. The quantitative estimate of drug-likeness (QED) is 0.257. The average Bonchev–Trinajstić information content (AvgIpc) is 3.18. The van der Waals surface area contributed by atoms with E-state index in [1.165, 1.54) is 38.1 Å². The second-order valence-corrected chi connectivity index (χ2v) is 10.3. The van der Waals surface area contributed by atoms with Crippen LogP contribution >= 0.6 is 0 Å². The van der Waals surface area contributed by atoms with Crippen LogP contribution in [0.3, 0.4) is 0 Å². The molecule has 0 amide bonds. The lowest BCUT2D eigenvalue weighted by molar-refractivity contribution is 0.410. The van der Waals surface area contributed by atoms with Gasteiger partial charge in [0.15, 0.2) is 0 Å². The summed E-state index contributed by atoms with van der Waals surface area (Å²) in [5.74, 6) is 0. The van der Waals surface area contributed by atoms with E-state index >= 15 is 0 Å². The molecule has 0 bridgehead atoms. The van der Waals surface area contributed by atoms with Gasteiger partial charge in [-0.3, -0.25) is 4.98 Å². The lowest BCUT2D eigenvalue weighted by Crippen LogP contribution is -2.10. The van der Waals surface area contributed by atoms with Crippen LogP contribution in [0.1, 0.15) is 31.9 Å². The van der Waals surface area contributed by atoms with Crippen LogP contribution < -0.4 is 0 Å². The van der Waals surface area contributed by atoms with E-state index in [1.54, 1.807) is 0 Å². The van der Waals surface area contributed by atoms with E-state index in [0.717, 1.165) is 34.2 Å². The van der Waals surface area contributed by atoms with Gasteiger partial charge in [-0.25, -0.2) is 0 Å². The molecule has 2 heteroatoms. The third-order valence-corrected chi connectivity index (χ3v) is 6.58. The number of rotatable bonds is 2. The highest BCUT2D eigenvalue weighted by molar-refractivity contribution is 6.27. The third-order valence-electron chi connectivity index (χ3n) is 6.58. The second kappa shape index (κ2) is 7.18. The zero-order valence-electron chi connectivity index (χ0n) is 19.6. The molecule has 6 rings (SSSR count). The summed E-state index contributed by atoms with van der Waals surface area (Å²) in [6.45, 7) is 8.99. The summed E-state index contributed by atoms with van der Waals surface area (Å²) in [7, 11) is 0. The van der Waals surface area contributed by atoms with Crippen molar-refractivity contribution in [2.24, 2.45) is 5.41 Å². The van der Waals surface area contributed by atoms with Crippen LogP contribution in [0.5, 0.6) is 0 Å². The van der Waals surface area contributed by atoms with E-state index in [2.05, 4.69) is 100 Å². The minimum Gasteiger partial charge on any atom is -0.455 e. The first-order chi connectivity index (χ1) is 15.9. The molecule has 0 fully saturated rings. The normalized spacial score (nSPS) is 12.4. The molecule has 0 aliphatic carbocycles. The molecule has 0 N–H and O–H groups in total. The number of aromatic nitrogens is 1. The van der Waals surface area contributed by atoms with Gasteiger partial charge >= 0.3 is 0 Å². The minimum atomic E-state index is 0.217. The molecule has 0 aliphatic rings. The first kappa shape index (κ1) is 20.0. The first-order valence-corrected chi connectivity index (χ1v) is 11.6. The molecule has 0 radical (unpaired) electrons. The van der Waals surface area contributed by atoms with Crippen LogP contribution in [0.2, 0.25) is 0 Å². The molecule has 0 atom stereocenters. The molecule has 0 unspecified atom stereocenters. The van der Waals surface area contributed by atoms with Crippen LogP contribution in [0.4, 0.5) is 0 Å². The number of para-hydroxylation sites is 1. The van der Waals surface area contributed by atoms with Crippen LogP contribution in [-0.4, -0.2) is 4.98 Å². The van der Waals surface area contributed by atoms with Gasteiger partial charge in [0.05, 0.1) is 5.69 Å². The summed E-state index contributed by atoms with van der Waals surface area (Å²) in [6.07, 6.45) is 3.02. The van der Waals surface area contributed by atoms with Crippen LogP contribution in [-0.2, 0) is 6.42 Å². The molecule has 4 aromatic carbocycles. The summed E-state index contributed by atoms with van der Waals surface area (Å²) >= 11 is 0. The van der Waals surface area contributed by atoms with Crippen molar-refractivity contribution in [2.75, 3.05) is 0 Å². The van der Waals surface area contributed by atoms with Crippen molar-refractivity contribution < 1.29 is 4.42 Å². The predicted octanol–water partition coefficient (Wildman–Crippen LogP) is 8.85. The van der Waals surface area contributed by atoms with E-state index in [-0.39, 0.29) is 5.41 Å². The third kappa shape index (κ3) is 3.29. The number of furan rings is 1. The molecule has 0 spiro atoms. The van der Waals surface area contributed by atoms with Crippen LogP contribution in [0, 0.1) is 12.3 Å². The van der Waals surface area contributed by atoms with E-state index in [1.807, 2.05) is 6.20 Å². The summed E-state index contributed by atoms with van der Waals surface area (Å²) in [4.78, 5) is 4.81. The summed E-state index contributed by atoms with van der Waals surface area (Å²) in [6, 6.07) is 25.9. The fourth-order valence-corrected chi connectivity index (χ4v) is 5.06. The number of aryl methyl sites for hydroxylation is 1. The smallest absolute Gasteiger partial charge is 0.144 e. The topological polar surface area (TPSA) is 26.0 Å². The minimum absolute atomic E-state index is 0.217. The molecular formula is C31H27NO. The molecule has 2 heterocycles. The van der Waals surface area contributed by atoms with Crippen LogP contribution in [0.15, 0.2) is 83.4 Å². The molecule has 2 aromatic heterocycles. The Balaban J connectivity index is 1.66. The standard InChI is InChI=1S/C31H27NO/c1-19-18-32-26(16-22(19)17-31(2,3)4)24-10-7-11-25-29-27(33-30(24)25)15-14-21-13-12-20-8-5-6-9-23(20)28(21)29/h5-16,18H,17H2,1-4H3. The predicted molar refractivity (Wildman–Crippen MR) is 140 cm³/mol. The maximum atomic E-state index is 6.53. The Labute approximate surface area is 193 Å². The Morgan fingerprint density at radius 3 is 2.39 bits per heavy atom. The highest BCUT2D eigenvalue weighted by Crippen LogP contribution is 2.41. The highest BCUT2D eigenvalue weighted by atomic mass is 16.3. The van der Waals surface area contributed by atoms with Gasteiger partial charge in [0.2, 0.25) is 0 Å². The SMILES string of the molecule is Cc1cnc(-c2cccc3c2oc2ccc4ccc5ccccc5c4c23)cc1CC(C)(C)C. The van der Waals surface area contributed by atoms with Crippen molar-refractivity contribution in [1.82, 2.24) is 4.98 Å². The van der Waals surface area contributed by atoms with Crippen molar-refractivity contribution in [3.8, 4) is 11.3 Å². The van der Waals surface area contributed by atoms with Crippen LogP contribution in [0.25, 0.3) is 54.7 Å². The monoisotopic (exact) mass is 429 g/mol. The van der Waals surface area contributed by atoms with Gasteiger partial charge in [-0.2, -0.15) is 0 Å². The van der Waals surface area contributed by atoms with Gasteiger partial charge in [0.1, 0.15) is 11.2 Å². The summed E-state index contributed by atoms with van der Waals surface area (Å²) < 4.78 is 6.53. The van der Waals surface area contributed by atoms with E-state index in [4.69, 9.17) is 9.40 Å². The van der Waals surface area contributed by atoms with Gasteiger partial charge in [0.25, 0.3) is 0 Å². The number of hydrogen-bond acceptors (Lipinski definition) is 2. The van der Waals surface area contributed by atoms with Crippen molar-refractivity contribution in [1.29, 1.82) is 0 Å². The molecule has 33 heavy (non-hydrogen) atoms. The average molecular weight is 430 g/mol. The van der Waals surface area contributed by atoms with Crippen molar-refractivity contribution in [2.45, 2.75) is 34.1 Å². The lowest BCUT2D eigenvalue weighted by Gasteiger charge is -2.20. The maximum Gasteiger partial charge on any atom is 0.144 e. The molecular weight excluding hydrogens is 402 g/mol. The zero-order chi connectivity index (χ0) is 22.7. The molecule has 2 nitrogen and oxygen atoms in total. The highest BCUT2D eigenvalue weighted by Gasteiger charge is 2.18. The van der Waals surface area contributed by atoms with Crippen molar-refractivity contribution in [3.05, 3.63) is 90.1 Å². The number of hydrogen-bond donors (Lipinski definition) is 0. The Kier molecular flexibility index (Phi) is 4.35. The molecule has 0 saturated carbocycles. The molecule has 6 aromatic rings. The van der Waals surface area contributed by atoms with Gasteiger partial charge < -0.3 is 4.42 Å². The zero-order valence-corrected chi connectivity index (χ0v) is 19.6. The Morgan fingerprint density at radius 1 is 0.788 bits per heavy atom. The van der Waals surface area contributed by atoms with E-state index < -0.39 is 0 Å². The fourth-order valence-electron chi connectivity index (χ4n) is 5.06. The second-order valence-electron chi connectivity index (χ2n) is 10.3. The lowest BCUT2D eigenvalue weighted by atomic mass is 9.86. The van der Waals surface area contributed by atoms with Gasteiger partial charge in [0, 0.05) is 27.9 Å². The number of benzene rings is 4. The van der Waals surface area contributed by atoms with Crippen molar-refractivity contribution in [3.63, 3.8) is 0 Å². The van der Waals surface area contributed by atoms with Crippen molar-refractivity contribution >= 4 is 43.5 Å². The summed E-state index contributed by atoms with van der Waals surface area (Å²) in [5, 5.41) is 7.32. The fraction of sp³-hybridized carbons (Fsp3) is 0.194. The Morgan fingerprint density at radius 2 is 1.55 bits per heavy atom. The number of pyridine rings is 1. The van der Waals surface area contributed by atoms with E-state index in [0.29, 0.717) is 0 Å². The largest absolute Gasteiger partial charge is 0.455 e. The van der Waals surface area contributed by atoms with Gasteiger partial charge in [-0.05, 0) is 64.2 Å². The molecule has 0 aliphatic heterocycles. The van der Waals surface area contributed by atoms with Gasteiger partial charge in [-0.15, -0.1) is 0 Å². The maximum absolute atomic E-state index is 6.53. The first-order valence-electron chi connectivity index (χ1n) is 11.6. The molecule has 0 saturated heterocycles. The van der Waals surface area contributed by atoms with E-state index in [9.17, 15) is 0 Å². The Bertz CT molecular complexity index is 1680. The molecule has 162 valence electrons. The number of nitrogens with zero attached hydrogens (tertiary/aromatic N) is 1.